The van der Waals surface area contributed by atoms with Crippen molar-refractivity contribution in [3.63, 3.8) is 0 Å². The van der Waals surface area contributed by atoms with E-state index in [0.29, 0.717) is 17.2 Å². The highest BCUT2D eigenvalue weighted by atomic mass is 16.4. The van der Waals surface area contributed by atoms with Gasteiger partial charge < -0.3 is 15.7 Å². The van der Waals surface area contributed by atoms with Crippen molar-refractivity contribution in [2.45, 2.75) is 0 Å². The normalized spacial score (nSPS) is 10.3. The van der Waals surface area contributed by atoms with Crippen LogP contribution in [0.1, 0.15) is 10.4 Å². The van der Waals surface area contributed by atoms with E-state index in [-0.39, 0.29) is 11.4 Å². The van der Waals surface area contributed by atoms with E-state index < -0.39 is 18.0 Å². The number of nitrogens with zero attached hydrogens (tertiary/aromatic N) is 3. The third-order valence-electron chi connectivity index (χ3n) is 3.40. The molecule has 0 aliphatic heterocycles. The van der Waals surface area contributed by atoms with Gasteiger partial charge in [-0.15, -0.1) is 5.10 Å². The van der Waals surface area contributed by atoms with Crippen molar-refractivity contribution in [1.29, 1.82) is 0 Å². The number of carbonyl (C=O) groups is 3. The number of aromatic carboxylic acids is 1. The van der Waals surface area contributed by atoms with Crippen molar-refractivity contribution < 1.29 is 19.5 Å². The fraction of sp³-hybridized carbons (Fsp3) is 0.0625. The first-order valence-corrected chi connectivity index (χ1v) is 7.71. The molecule has 0 aliphatic rings. The number of carbonyl (C=O) groups excluding carboxylic acids is 2. The lowest BCUT2D eigenvalue weighted by molar-refractivity contribution is 0.0697. The van der Waals surface area contributed by atoms with Gasteiger partial charge >= 0.3 is 18.0 Å². The summed E-state index contributed by atoms with van der Waals surface area (Å²) in [5.41, 5.74) is 0.858. The molecule has 11 nitrogen and oxygen atoms in total. The van der Waals surface area contributed by atoms with Crippen LogP contribution in [0.15, 0.2) is 42.6 Å². The Morgan fingerprint density at radius 1 is 1.00 bits per heavy atom. The van der Waals surface area contributed by atoms with E-state index in [2.05, 4.69) is 31.3 Å². The van der Waals surface area contributed by atoms with Gasteiger partial charge in [0.1, 0.15) is 0 Å². The first-order valence-electron chi connectivity index (χ1n) is 7.71. The van der Waals surface area contributed by atoms with Gasteiger partial charge in [0, 0.05) is 12.7 Å². The van der Waals surface area contributed by atoms with Crippen molar-refractivity contribution in [2.24, 2.45) is 0 Å². The van der Waals surface area contributed by atoms with E-state index in [1.54, 1.807) is 18.2 Å². The van der Waals surface area contributed by atoms with Crippen molar-refractivity contribution in [1.82, 2.24) is 19.9 Å². The number of benzene rings is 1. The number of anilines is 3. The summed E-state index contributed by atoms with van der Waals surface area (Å²) in [6.07, 6.45) is 1.49. The predicted molar refractivity (Wildman–Crippen MR) is 97.1 cm³/mol. The smallest absolute Gasteiger partial charge is 0.335 e. The number of urea groups is 2. The Labute approximate surface area is 152 Å². The number of fused-ring (bicyclic) bond motifs is 1. The summed E-state index contributed by atoms with van der Waals surface area (Å²) in [4.78, 5) is 38.5. The maximum Gasteiger partial charge on any atom is 0.335 e. The summed E-state index contributed by atoms with van der Waals surface area (Å²) in [6.45, 7) is 0. The molecule has 3 rings (SSSR count). The Morgan fingerprint density at radius 2 is 1.78 bits per heavy atom. The van der Waals surface area contributed by atoms with Crippen LogP contribution in [0.4, 0.5) is 26.9 Å². The summed E-state index contributed by atoms with van der Waals surface area (Å²) in [5.74, 6) is -0.556. The lowest BCUT2D eigenvalue weighted by atomic mass is 10.2. The zero-order chi connectivity index (χ0) is 19.4. The molecular formula is C16H15N7O4. The van der Waals surface area contributed by atoms with Crippen molar-refractivity contribution in [2.75, 3.05) is 23.0 Å². The van der Waals surface area contributed by atoms with Crippen molar-refractivity contribution >= 4 is 41.0 Å². The number of carboxylic acid groups (broad SMARTS) is 1. The molecule has 11 heteroatoms. The molecule has 2 aromatic heterocycles. The van der Waals surface area contributed by atoms with Gasteiger partial charge in [0.15, 0.2) is 17.3 Å². The Kier molecular flexibility index (Phi) is 4.84. The highest BCUT2D eigenvalue weighted by Crippen LogP contribution is 2.13. The number of rotatable bonds is 4. The molecule has 3 aromatic rings. The Balaban J connectivity index is 1.70. The monoisotopic (exact) mass is 369 g/mol. The molecule has 5 N–H and O–H groups in total. The van der Waals surface area contributed by atoms with E-state index in [1.807, 2.05) is 0 Å². The van der Waals surface area contributed by atoms with Gasteiger partial charge in [-0.3, -0.25) is 10.6 Å². The molecule has 0 spiro atoms. The highest BCUT2D eigenvalue weighted by molar-refractivity contribution is 6.00. The second-order valence-corrected chi connectivity index (χ2v) is 5.32. The van der Waals surface area contributed by atoms with Gasteiger partial charge in [0.05, 0.1) is 11.8 Å². The maximum atomic E-state index is 12.1. The Bertz CT molecular complexity index is 1030. The number of carboxylic acids is 1. The molecule has 0 bridgehead atoms. The molecule has 4 amide bonds. The van der Waals surface area contributed by atoms with E-state index in [9.17, 15) is 14.4 Å². The van der Waals surface area contributed by atoms with Crippen LogP contribution in [0.3, 0.4) is 0 Å². The minimum absolute atomic E-state index is 0.0573. The average molecular weight is 369 g/mol. The molecule has 0 unspecified atom stereocenters. The van der Waals surface area contributed by atoms with Crippen LogP contribution >= 0.6 is 0 Å². The van der Waals surface area contributed by atoms with Gasteiger partial charge in [-0.25, -0.2) is 23.9 Å². The van der Waals surface area contributed by atoms with Gasteiger partial charge in [-0.1, -0.05) is 6.07 Å². The summed E-state index contributed by atoms with van der Waals surface area (Å²) in [7, 11) is 1.48. The van der Waals surface area contributed by atoms with E-state index in [4.69, 9.17) is 5.11 Å². The molecule has 0 aliphatic carbocycles. The first-order chi connectivity index (χ1) is 12.9. The first kappa shape index (κ1) is 17.7. The topological polar surface area (TPSA) is 150 Å². The molecule has 0 fully saturated rings. The molecule has 138 valence electrons. The largest absolute Gasteiger partial charge is 0.478 e. The zero-order valence-corrected chi connectivity index (χ0v) is 14.1. The van der Waals surface area contributed by atoms with Crippen molar-refractivity contribution in [3.05, 3.63) is 48.2 Å². The van der Waals surface area contributed by atoms with Crippen LogP contribution in [0, 0.1) is 0 Å². The standard InChI is InChI=1S/C16H15N7O4/c1-17-15(26)21-12-8-23-13(19-12)6-5-11(22-23)20-16(27)18-10-4-2-3-9(7-10)14(24)25/h2-8H,1H3,(H,24,25)(H2,17,21,26)(H2,18,20,22,27). The minimum Gasteiger partial charge on any atom is -0.478 e. The van der Waals surface area contributed by atoms with Gasteiger partial charge in [-0.05, 0) is 30.3 Å². The lowest BCUT2D eigenvalue weighted by Gasteiger charge is -2.07. The van der Waals surface area contributed by atoms with E-state index in [1.165, 1.54) is 36.0 Å². The molecule has 2 heterocycles. The van der Waals surface area contributed by atoms with Crippen LogP contribution in [0.5, 0.6) is 0 Å². The number of imidazole rings is 1. The van der Waals surface area contributed by atoms with Crippen LogP contribution in [-0.2, 0) is 0 Å². The molecule has 27 heavy (non-hydrogen) atoms. The number of hydrogen-bond acceptors (Lipinski definition) is 5. The summed E-state index contributed by atoms with van der Waals surface area (Å²) < 4.78 is 1.39. The van der Waals surface area contributed by atoms with Crippen molar-refractivity contribution in [3.8, 4) is 0 Å². The number of hydrogen-bond donors (Lipinski definition) is 5. The van der Waals surface area contributed by atoms with Crippen LogP contribution in [-0.4, -0.2) is 44.8 Å². The van der Waals surface area contributed by atoms with Crippen LogP contribution in [0.25, 0.3) is 5.65 Å². The quantitative estimate of drug-likeness (QED) is 0.473. The fourth-order valence-corrected chi connectivity index (χ4v) is 2.20. The summed E-state index contributed by atoms with van der Waals surface area (Å²) in [5, 5.41) is 23.1. The SMILES string of the molecule is CNC(=O)Nc1cn2nc(NC(=O)Nc3cccc(C(=O)O)c3)ccc2n1. The summed E-state index contributed by atoms with van der Waals surface area (Å²) >= 11 is 0. The summed E-state index contributed by atoms with van der Waals surface area (Å²) in [6, 6.07) is 8.00. The van der Waals surface area contributed by atoms with Gasteiger partial charge in [0.25, 0.3) is 0 Å². The van der Waals surface area contributed by atoms with E-state index in [0.717, 1.165) is 0 Å². The number of amides is 4. The highest BCUT2D eigenvalue weighted by Gasteiger charge is 2.09. The van der Waals surface area contributed by atoms with Gasteiger partial charge in [-0.2, -0.15) is 0 Å². The Hall–Kier alpha value is -4.15. The van der Waals surface area contributed by atoms with Crippen LogP contribution < -0.4 is 21.3 Å². The molecule has 0 atom stereocenters. The number of nitrogens with one attached hydrogen (secondary N) is 4. The maximum absolute atomic E-state index is 12.1. The molecule has 1 aromatic carbocycles. The molecular weight excluding hydrogens is 354 g/mol. The molecule has 0 saturated carbocycles. The second kappa shape index (κ2) is 7.39. The second-order valence-electron chi connectivity index (χ2n) is 5.32. The Morgan fingerprint density at radius 3 is 2.52 bits per heavy atom. The van der Waals surface area contributed by atoms with E-state index >= 15 is 0 Å². The van der Waals surface area contributed by atoms with Crippen LogP contribution in [0.2, 0.25) is 0 Å². The predicted octanol–water partition coefficient (Wildman–Crippen LogP) is 1.82. The average Bonchev–Trinajstić information content (AvgIpc) is 3.03. The molecule has 0 saturated heterocycles. The van der Waals surface area contributed by atoms with Gasteiger partial charge in [0.2, 0.25) is 0 Å². The molecule has 0 radical (unpaired) electrons. The fourth-order valence-electron chi connectivity index (χ4n) is 2.20. The lowest BCUT2D eigenvalue weighted by Crippen LogP contribution is -2.24. The number of aromatic nitrogens is 3. The zero-order valence-electron chi connectivity index (χ0n) is 14.1. The third kappa shape index (κ3) is 4.28. The third-order valence-corrected chi connectivity index (χ3v) is 3.40. The minimum atomic E-state index is -1.09.